The molecule has 0 aromatic heterocycles. The lowest BCUT2D eigenvalue weighted by Crippen LogP contribution is -2.36. The zero-order chi connectivity index (χ0) is 13.7. The highest BCUT2D eigenvalue weighted by Crippen LogP contribution is 2.21. The first-order valence-electron chi connectivity index (χ1n) is 7.07. The van der Waals surface area contributed by atoms with Crippen LogP contribution in [0.1, 0.15) is 37.8 Å². The molecule has 1 aliphatic heterocycles. The molecule has 4 heteroatoms. The van der Waals surface area contributed by atoms with E-state index < -0.39 is 0 Å². The maximum Gasteiger partial charge on any atom is 0.128 e. The highest BCUT2D eigenvalue weighted by Gasteiger charge is 2.13. The third kappa shape index (κ3) is 4.55. The Bertz CT molecular complexity index is 405. The number of halogens is 2. The number of hydrogen-bond acceptors (Lipinski definition) is 2. The van der Waals surface area contributed by atoms with Gasteiger partial charge >= 0.3 is 0 Å². The number of likely N-dealkylation sites (tertiary alicyclic amines) is 1. The van der Waals surface area contributed by atoms with Crippen molar-refractivity contribution in [3.05, 3.63) is 34.1 Å². The van der Waals surface area contributed by atoms with E-state index in [4.69, 9.17) is 0 Å². The third-order valence-corrected chi connectivity index (χ3v) is 4.25. The summed E-state index contributed by atoms with van der Waals surface area (Å²) in [5.74, 6) is -0.138. The van der Waals surface area contributed by atoms with Gasteiger partial charge in [0.15, 0.2) is 0 Å². The summed E-state index contributed by atoms with van der Waals surface area (Å²) in [6, 6.07) is 5.15. The summed E-state index contributed by atoms with van der Waals surface area (Å²) >= 11 is 3.39. The molecular formula is C15H22BrFN2. The van der Waals surface area contributed by atoms with Gasteiger partial charge in [0, 0.05) is 29.2 Å². The highest BCUT2D eigenvalue weighted by atomic mass is 79.9. The van der Waals surface area contributed by atoms with Crippen LogP contribution >= 0.6 is 15.9 Å². The first kappa shape index (κ1) is 14.9. The molecule has 1 heterocycles. The minimum Gasteiger partial charge on any atom is -0.309 e. The lowest BCUT2D eigenvalue weighted by Gasteiger charge is -2.27. The lowest BCUT2D eigenvalue weighted by atomic mass is 10.1. The molecule has 106 valence electrons. The molecule has 0 spiro atoms. The van der Waals surface area contributed by atoms with Crippen LogP contribution in [0.5, 0.6) is 0 Å². The summed E-state index contributed by atoms with van der Waals surface area (Å²) in [4.78, 5) is 2.49. The average molecular weight is 329 g/mol. The van der Waals surface area contributed by atoms with Crippen LogP contribution in [0, 0.1) is 5.82 Å². The van der Waals surface area contributed by atoms with Gasteiger partial charge in [0.1, 0.15) is 5.82 Å². The number of hydrogen-bond donors (Lipinski definition) is 1. The molecule has 0 radical (unpaired) electrons. The molecule has 2 rings (SSSR count). The zero-order valence-corrected chi connectivity index (χ0v) is 13.0. The third-order valence-electron chi connectivity index (χ3n) is 3.75. The van der Waals surface area contributed by atoms with E-state index in [2.05, 4.69) is 26.1 Å². The first-order chi connectivity index (χ1) is 9.16. The summed E-state index contributed by atoms with van der Waals surface area (Å²) in [5, 5.41) is 3.41. The van der Waals surface area contributed by atoms with E-state index in [1.807, 2.05) is 13.0 Å². The Morgan fingerprint density at radius 2 is 2.05 bits per heavy atom. The van der Waals surface area contributed by atoms with E-state index in [0.717, 1.165) is 23.1 Å². The van der Waals surface area contributed by atoms with Crippen molar-refractivity contribution >= 4 is 15.9 Å². The Morgan fingerprint density at radius 1 is 1.32 bits per heavy atom. The summed E-state index contributed by atoms with van der Waals surface area (Å²) in [5.41, 5.74) is 0.730. The van der Waals surface area contributed by atoms with E-state index in [1.165, 1.54) is 38.4 Å². The van der Waals surface area contributed by atoms with Crippen molar-refractivity contribution in [3.8, 4) is 0 Å². The molecule has 1 fully saturated rings. The van der Waals surface area contributed by atoms with Crippen molar-refractivity contribution in [3.63, 3.8) is 0 Å². The second-order valence-electron chi connectivity index (χ2n) is 5.24. The van der Waals surface area contributed by atoms with Gasteiger partial charge in [-0.1, -0.05) is 22.4 Å². The average Bonchev–Trinajstić information content (AvgIpc) is 2.42. The van der Waals surface area contributed by atoms with E-state index in [-0.39, 0.29) is 11.9 Å². The molecule has 2 nitrogen and oxygen atoms in total. The van der Waals surface area contributed by atoms with Crippen LogP contribution in [0.3, 0.4) is 0 Å². The van der Waals surface area contributed by atoms with Crippen LogP contribution in [-0.4, -0.2) is 31.1 Å². The van der Waals surface area contributed by atoms with Crippen molar-refractivity contribution in [2.75, 3.05) is 26.2 Å². The van der Waals surface area contributed by atoms with Crippen LogP contribution < -0.4 is 5.32 Å². The first-order valence-corrected chi connectivity index (χ1v) is 7.87. The second-order valence-corrected chi connectivity index (χ2v) is 6.16. The molecular weight excluding hydrogens is 307 g/mol. The molecule has 0 unspecified atom stereocenters. The lowest BCUT2D eigenvalue weighted by molar-refractivity contribution is 0.226. The number of nitrogens with one attached hydrogen (secondary N) is 1. The van der Waals surface area contributed by atoms with Gasteiger partial charge in [-0.15, -0.1) is 0 Å². The van der Waals surface area contributed by atoms with Gasteiger partial charge in [-0.2, -0.15) is 0 Å². The molecule has 0 amide bonds. The maximum atomic E-state index is 13.7. The fourth-order valence-electron chi connectivity index (χ4n) is 2.58. The zero-order valence-electron chi connectivity index (χ0n) is 11.5. The quantitative estimate of drug-likeness (QED) is 0.886. The fourth-order valence-corrected chi connectivity index (χ4v) is 2.96. The summed E-state index contributed by atoms with van der Waals surface area (Å²) in [7, 11) is 0. The molecule has 1 aliphatic rings. The predicted molar refractivity (Wildman–Crippen MR) is 80.8 cm³/mol. The van der Waals surface area contributed by atoms with Crippen LogP contribution in [-0.2, 0) is 0 Å². The molecule has 1 N–H and O–H groups in total. The minimum atomic E-state index is -0.138. The molecule has 0 saturated carbocycles. The molecule has 1 aromatic carbocycles. The van der Waals surface area contributed by atoms with Gasteiger partial charge in [-0.05, 0) is 51.1 Å². The summed E-state index contributed by atoms with van der Waals surface area (Å²) in [6.45, 7) is 6.40. The van der Waals surface area contributed by atoms with Crippen LogP contribution in [0.4, 0.5) is 4.39 Å². The van der Waals surface area contributed by atoms with Crippen molar-refractivity contribution in [1.29, 1.82) is 0 Å². The largest absolute Gasteiger partial charge is 0.309 e. The topological polar surface area (TPSA) is 15.3 Å². The molecule has 19 heavy (non-hydrogen) atoms. The number of nitrogens with zero attached hydrogens (tertiary/aromatic N) is 1. The molecule has 0 aliphatic carbocycles. The van der Waals surface area contributed by atoms with Gasteiger partial charge in [-0.3, -0.25) is 0 Å². The highest BCUT2D eigenvalue weighted by molar-refractivity contribution is 9.10. The smallest absolute Gasteiger partial charge is 0.128 e. The van der Waals surface area contributed by atoms with Gasteiger partial charge in [0.25, 0.3) is 0 Å². The van der Waals surface area contributed by atoms with Crippen molar-refractivity contribution in [1.82, 2.24) is 10.2 Å². The van der Waals surface area contributed by atoms with E-state index in [0.29, 0.717) is 0 Å². The van der Waals surface area contributed by atoms with Gasteiger partial charge in [0.2, 0.25) is 0 Å². The molecule has 1 saturated heterocycles. The van der Waals surface area contributed by atoms with Gasteiger partial charge in [-0.25, -0.2) is 4.39 Å². The van der Waals surface area contributed by atoms with Crippen molar-refractivity contribution in [2.45, 2.75) is 32.2 Å². The van der Waals surface area contributed by atoms with E-state index >= 15 is 0 Å². The van der Waals surface area contributed by atoms with Crippen LogP contribution in [0.25, 0.3) is 0 Å². The van der Waals surface area contributed by atoms with Crippen molar-refractivity contribution < 1.29 is 4.39 Å². The normalized spacial score (nSPS) is 18.5. The Labute approximate surface area is 123 Å². The van der Waals surface area contributed by atoms with Crippen molar-refractivity contribution in [2.24, 2.45) is 0 Å². The van der Waals surface area contributed by atoms with Gasteiger partial charge < -0.3 is 10.2 Å². The van der Waals surface area contributed by atoms with Gasteiger partial charge in [0.05, 0.1) is 0 Å². The van der Waals surface area contributed by atoms with Crippen LogP contribution in [0.15, 0.2) is 22.7 Å². The molecule has 1 aromatic rings. The van der Waals surface area contributed by atoms with E-state index in [9.17, 15) is 4.39 Å². The second kappa shape index (κ2) is 7.36. The predicted octanol–water partition coefficient (Wildman–Crippen LogP) is 3.72. The monoisotopic (exact) mass is 328 g/mol. The Kier molecular flexibility index (Phi) is 5.79. The Morgan fingerprint density at radius 3 is 2.79 bits per heavy atom. The summed E-state index contributed by atoms with van der Waals surface area (Å²) < 4.78 is 14.7. The molecule has 1 atom stereocenters. The number of benzene rings is 1. The Hall–Kier alpha value is -0.450. The van der Waals surface area contributed by atoms with Crippen LogP contribution in [0.2, 0.25) is 0 Å². The standard InChI is InChI=1S/C15H22BrFN2/c1-12(14-11-13(16)5-6-15(14)17)18-7-10-19-8-3-2-4-9-19/h5-6,11-12,18H,2-4,7-10H2,1H3/t12-/m0/s1. The minimum absolute atomic E-state index is 0.0438. The summed E-state index contributed by atoms with van der Waals surface area (Å²) in [6.07, 6.45) is 4.00. The number of piperidine rings is 1. The van der Waals surface area contributed by atoms with E-state index in [1.54, 1.807) is 6.07 Å². The molecule has 0 bridgehead atoms. The fraction of sp³-hybridized carbons (Fsp3) is 0.600. The number of rotatable bonds is 5. The SMILES string of the molecule is C[C@H](NCCN1CCCCC1)c1cc(Br)ccc1F. The maximum absolute atomic E-state index is 13.7. The Balaban J connectivity index is 1.80.